The third-order valence-electron chi connectivity index (χ3n) is 0.762. The van der Waals surface area contributed by atoms with Crippen LogP contribution in [0.5, 0.6) is 0 Å². The summed E-state index contributed by atoms with van der Waals surface area (Å²) in [5.41, 5.74) is 0. The van der Waals surface area contributed by atoms with Crippen LogP contribution in [0.3, 0.4) is 0 Å². The molecule has 1 nitrogen and oxygen atoms in total. The Bertz CT molecular complexity index is 54.0. The van der Waals surface area contributed by atoms with Crippen LogP contribution < -0.4 is 0 Å². The lowest BCUT2D eigenvalue weighted by Crippen LogP contribution is -1.94. The van der Waals surface area contributed by atoms with Gasteiger partial charge in [-0.25, -0.2) is 0 Å². The van der Waals surface area contributed by atoms with E-state index in [2.05, 4.69) is 15.9 Å². The molecule has 0 radical (unpaired) electrons. The van der Waals surface area contributed by atoms with Gasteiger partial charge in [-0.05, 0) is 5.92 Å². The van der Waals surface area contributed by atoms with Crippen molar-refractivity contribution in [2.24, 2.45) is 5.92 Å². The average Bonchev–Trinajstić information content (AvgIpc) is 1.68. The molecule has 0 aromatic carbocycles. The highest BCUT2D eigenvalue weighted by Gasteiger charge is 1.94. The Morgan fingerprint density at radius 2 is 2.43 bits per heavy atom. The number of rotatable bonds is 3. The number of alkyl halides is 1. The second-order valence-electron chi connectivity index (χ2n) is 1.66. The summed E-state index contributed by atoms with van der Waals surface area (Å²) < 4.78 is 0. The fraction of sp³-hybridized carbons (Fsp3) is 0.800. The molecule has 1 unspecified atom stereocenters. The standard InChI is InChI=1S/C5H9BrO/c1-5(4-6)2-3-7/h3,5H,2,4H2,1H3. The van der Waals surface area contributed by atoms with Crippen LogP contribution in [0.25, 0.3) is 0 Å². The molecule has 0 saturated carbocycles. The quantitative estimate of drug-likeness (QED) is 0.458. The van der Waals surface area contributed by atoms with Gasteiger partial charge >= 0.3 is 0 Å². The molecule has 0 aliphatic rings. The van der Waals surface area contributed by atoms with Crippen LogP contribution in [0.15, 0.2) is 0 Å². The summed E-state index contributed by atoms with van der Waals surface area (Å²) in [6.45, 7) is 2.03. The molecule has 0 bridgehead atoms. The first-order chi connectivity index (χ1) is 3.31. The molecular weight excluding hydrogens is 156 g/mol. The van der Waals surface area contributed by atoms with Crippen LogP contribution in [0.2, 0.25) is 0 Å². The summed E-state index contributed by atoms with van der Waals surface area (Å²) in [5.74, 6) is 0.498. The van der Waals surface area contributed by atoms with Crippen LogP contribution in [0, 0.1) is 5.92 Å². The Hall–Kier alpha value is 0.150. The first kappa shape index (κ1) is 7.15. The van der Waals surface area contributed by atoms with Gasteiger partial charge in [0.1, 0.15) is 6.29 Å². The maximum absolute atomic E-state index is 9.75. The van der Waals surface area contributed by atoms with Gasteiger partial charge in [-0.2, -0.15) is 0 Å². The molecule has 0 aromatic heterocycles. The largest absolute Gasteiger partial charge is 0.303 e. The molecule has 0 saturated heterocycles. The highest BCUT2D eigenvalue weighted by Crippen LogP contribution is 2.01. The lowest BCUT2D eigenvalue weighted by Gasteiger charge is -1.96. The van der Waals surface area contributed by atoms with Crippen LogP contribution in [0.1, 0.15) is 13.3 Å². The van der Waals surface area contributed by atoms with E-state index >= 15 is 0 Å². The van der Waals surface area contributed by atoms with Crippen molar-refractivity contribution in [2.75, 3.05) is 5.33 Å². The van der Waals surface area contributed by atoms with E-state index in [-0.39, 0.29) is 0 Å². The molecule has 0 fully saturated rings. The van der Waals surface area contributed by atoms with Gasteiger partial charge in [0.15, 0.2) is 0 Å². The first-order valence-electron chi connectivity index (χ1n) is 2.31. The van der Waals surface area contributed by atoms with Crippen molar-refractivity contribution in [1.29, 1.82) is 0 Å². The molecule has 2 heteroatoms. The van der Waals surface area contributed by atoms with E-state index in [1.54, 1.807) is 0 Å². The number of hydrogen-bond acceptors (Lipinski definition) is 1. The number of aldehydes is 1. The van der Waals surface area contributed by atoms with Gasteiger partial charge in [0.2, 0.25) is 0 Å². The van der Waals surface area contributed by atoms with E-state index in [0.717, 1.165) is 11.6 Å². The molecule has 0 amide bonds. The van der Waals surface area contributed by atoms with Gasteiger partial charge in [-0.15, -0.1) is 0 Å². The van der Waals surface area contributed by atoms with Crippen LogP contribution in [-0.2, 0) is 4.79 Å². The highest BCUT2D eigenvalue weighted by atomic mass is 79.9. The Morgan fingerprint density at radius 1 is 1.86 bits per heavy atom. The number of halogens is 1. The van der Waals surface area contributed by atoms with E-state index < -0.39 is 0 Å². The second kappa shape index (κ2) is 4.31. The molecule has 0 N–H and O–H groups in total. The maximum Gasteiger partial charge on any atom is 0.120 e. The van der Waals surface area contributed by atoms with Gasteiger partial charge in [0, 0.05) is 11.8 Å². The zero-order valence-corrected chi connectivity index (χ0v) is 5.94. The third kappa shape index (κ3) is 3.99. The minimum absolute atomic E-state index is 0.498. The van der Waals surface area contributed by atoms with E-state index in [1.807, 2.05) is 6.92 Å². The topological polar surface area (TPSA) is 17.1 Å². The summed E-state index contributed by atoms with van der Waals surface area (Å²) in [7, 11) is 0. The predicted molar refractivity (Wildman–Crippen MR) is 33.6 cm³/mol. The Kier molecular flexibility index (Phi) is 4.41. The van der Waals surface area contributed by atoms with Crippen LogP contribution in [0.4, 0.5) is 0 Å². The number of carbonyl (C=O) groups excluding carboxylic acids is 1. The fourth-order valence-corrected chi connectivity index (χ4v) is 0.492. The van der Waals surface area contributed by atoms with Crippen LogP contribution in [-0.4, -0.2) is 11.6 Å². The molecule has 0 rings (SSSR count). The van der Waals surface area contributed by atoms with Crippen molar-refractivity contribution >= 4 is 22.2 Å². The monoisotopic (exact) mass is 164 g/mol. The first-order valence-corrected chi connectivity index (χ1v) is 3.43. The third-order valence-corrected chi connectivity index (χ3v) is 1.87. The molecule has 1 atom stereocenters. The molecule has 0 aromatic rings. The van der Waals surface area contributed by atoms with Crippen molar-refractivity contribution in [1.82, 2.24) is 0 Å². The highest BCUT2D eigenvalue weighted by molar-refractivity contribution is 9.09. The SMILES string of the molecule is CC(CBr)CC=O. The molecule has 0 spiro atoms. The lowest BCUT2D eigenvalue weighted by molar-refractivity contribution is -0.108. The van der Waals surface area contributed by atoms with E-state index in [4.69, 9.17) is 0 Å². The zero-order valence-electron chi connectivity index (χ0n) is 4.36. The van der Waals surface area contributed by atoms with E-state index in [0.29, 0.717) is 12.3 Å². The lowest BCUT2D eigenvalue weighted by atomic mass is 10.2. The van der Waals surface area contributed by atoms with E-state index in [9.17, 15) is 4.79 Å². The molecule has 0 heterocycles. The van der Waals surface area contributed by atoms with Crippen LogP contribution >= 0.6 is 15.9 Å². The van der Waals surface area contributed by atoms with E-state index in [1.165, 1.54) is 0 Å². The summed E-state index contributed by atoms with van der Waals surface area (Å²) in [6, 6.07) is 0. The van der Waals surface area contributed by atoms with Gasteiger partial charge in [0.05, 0.1) is 0 Å². The van der Waals surface area contributed by atoms with Gasteiger partial charge in [-0.1, -0.05) is 22.9 Å². The smallest absolute Gasteiger partial charge is 0.120 e. The summed E-state index contributed by atoms with van der Waals surface area (Å²) in [6.07, 6.45) is 1.62. The second-order valence-corrected chi connectivity index (χ2v) is 2.31. The van der Waals surface area contributed by atoms with Gasteiger partial charge in [-0.3, -0.25) is 0 Å². The molecule has 0 aliphatic heterocycles. The van der Waals surface area contributed by atoms with Gasteiger partial charge in [0.25, 0.3) is 0 Å². The van der Waals surface area contributed by atoms with Crippen molar-refractivity contribution in [3.05, 3.63) is 0 Å². The van der Waals surface area contributed by atoms with Crippen molar-refractivity contribution in [3.63, 3.8) is 0 Å². The molecular formula is C5H9BrO. The summed E-state index contributed by atoms with van der Waals surface area (Å²) in [4.78, 5) is 9.75. The van der Waals surface area contributed by atoms with Crippen molar-refractivity contribution in [2.45, 2.75) is 13.3 Å². The summed E-state index contributed by atoms with van der Waals surface area (Å²) in [5, 5.41) is 0.922. The molecule has 0 aliphatic carbocycles. The summed E-state index contributed by atoms with van der Waals surface area (Å²) >= 11 is 3.26. The number of hydrogen-bond donors (Lipinski definition) is 0. The zero-order chi connectivity index (χ0) is 5.70. The Balaban J connectivity index is 2.98. The average molecular weight is 165 g/mol. The Morgan fingerprint density at radius 3 is 2.57 bits per heavy atom. The van der Waals surface area contributed by atoms with Gasteiger partial charge < -0.3 is 4.79 Å². The fourth-order valence-electron chi connectivity index (χ4n) is 0.227. The normalized spacial score (nSPS) is 13.4. The minimum atomic E-state index is 0.498. The Labute approximate surface area is 52.2 Å². The minimum Gasteiger partial charge on any atom is -0.303 e. The maximum atomic E-state index is 9.75. The molecule has 7 heavy (non-hydrogen) atoms. The number of carbonyl (C=O) groups is 1. The van der Waals surface area contributed by atoms with Crippen molar-refractivity contribution in [3.8, 4) is 0 Å². The molecule has 42 valence electrons. The predicted octanol–water partition coefficient (Wildman–Crippen LogP) is 1.61. The van der Waals surface area contributed by atoms with Crippen molar-refractivity contribution < 1.29 is 4.79 Å².